The lowest BCUT2D eigenvalue weighted by Gasteiger charge is -1.96. The normalized spacial score (nSPS) is 9.15. The molecule has 0 bridgehead atoms. The monoisotopic (exact) mass is 256 g/mol. The first kappa shape index (κ1) is 10.6. The Bertz CT molecular complexity index is 347. The van der Waals surface area contributed by atoms with E-state index in [-0.39, 0.29) is 0 Å². The van der Waals surface area contributed by atoms with E-state index < -0.39 is 0 Å². The highest BCUT2D eigenvalue weighted by Gasteiger charge is 1.95. The zero-order valence-corrected chi connectivity index (χ0v) is 9.74. The first-order valence-electron chi connectivity index (χ1n) is 4.05. The Morgan fingerprint density at radius 2 is 2.23 bits per heavy atom. The Labute approximate surface area is 92.4 Å². The van der Waals surface area contributed by atoms with Crippen LogP contribution in [0.3, 0.4) is 0 Å². The molecular formula is C11H10BrCl. The van der Waals surface area contributed by atoms with E-state index in [9.17, 15) is 0 Å². The molecule has 1 rings (SSSR count). The molecule has 0 aliphatic carbocycles. The van der Waals surface area contributed by atoms with Gasteiger partial charge in [-0.1, -0.05) is 45.4 Å². The van der Waals surface area contributed by atoms with Gasteiger partial charge in [-0.3, -0.25) is 0 Å². The molecule has 0 nitrogen and oxygen atoms in total. The minimum Gasteiger partial charge on any atom is -0.0970 e. The highest BCUT2D eigenvalue weighted by atomic mass is 79.9. The van der Waals surface area contributed by atoms with E-state index in [0.29, 0.717) is 0 Å². The van der Waals surface area contributed by atoms with Crippen LogP contribution in [-0.2, 0) is 0 Å². The highest BCUT2D eigenvalue weighted by Crippen LogP contribution is 2.16. The zero-order valence-electron chi connectivity index (χ0n) is 7.40. The van der Waals surface area contributed by atoms with Crippen LogP contribution in [0.2, 0.25) is 5.02 Å². The van der Waals surface area contributed by atoms with Gasteiger partial charge in [-0.25, -0.2) is 0 Å². The summed E-state index contributed by atoms with van der Waals surface area (Å²) in [7, 11) is 0. The molecule has 0 radical (unpaired) electrons. The summed E-state index contributed by atoms with van der Waals surface area (Å²) in [5.74, 6) is 6.06. The van der Waals surface area contributed by atoms with E-state index in [1.165, 1.54) is 0 Å². The van der Waals surface area contributed by atoms with Crippen LogP contribution in [0.25, 0.3) is 0 Å². The summed E-state index contributed by atoms with van der Waals surface area (Å²) in [4.78, 5) is 0. The van der Waals surface area contributed by atoms with E-state index >= 15 is 0 Å². The van der Waals surface area contributed by atoms with Gasteiger partial charge in [0.1, 0.15) is 0 Å². The number of rotatable bonds is 1. The van der Waals surface area contributed by atoms with Gasteiger partial charge in [-0.15, -0.1) is 0 Å². The second kappa shape index (κ2) is 5.32. The summed E-state index contributed by atoms with van der Waals surface area (Å²) in [5.41, 5.74) is 2.07. The quantitative estimate of drug-likeness (QED) is 0.530. The van der Waals surface area contributed by atoms with Crippen LogP contribution >= 0.6 is 27.5 Å². The van der Waals surface area contributed by atoms with Crippen LogP contribution in [-0.4, -0.2) is 5.33 Å². The Kier molecular flexibility index (Phi) is 4.35. The van der Waals surface area contributed by atoms with E-state index in [1.54, 1.807) is 0 Å². The van der Waals surface area contributed by atoms with Crippen molar-refractivity contribution in [1.29, 1.82) is 0 Å². The fourth-order valence-electron chi connectivity index (χ4n) is 0.926. The molecule has 0 N–H and O–H groups in total. The largest absolute Gasteiger partial charge is 0.0970 e. The number of aryl methyl sites for hydroxylation is 1. The second-order valence-electron chi connectivity index (χ2n) is 2.72. The maximum atomic E-state index is 5.99. The second-order valence-corrected chi connectivity index (χ2v) is 3.92. The molecule has 0 unspecified atom stereocenters. The number of hydrogen-bond acceptors (Lipinski definition) is 0. The molecule has 13 heavy (non-hydrogen) atoms. The van der Waals surface area contributed by atoms with Crippen molar-refractivity contribution < 1.29 is 0 Å². The molecule has 0 atom stereocenters. The molecule has 2 heteroatoms. The van der Waals surface area contributed by atoms with Gasteiger partial charge in [0.15, 0.2) is 0 Å². The smallest absolute Gasteiger partial charge is 0.0565 e. The standard InChI is InChI=1S/C11H10BrCl/c1-9-5-6-10(11(13)8-9)4-2-3-7-12/h5-6,8H,3,7H2,1H3. The Morgan fingerprint density at radius 1 is 1.46 bits per heavy atom. The van der Waals surface area contributed by atoms with Crippen LogP contribution in [0, 0.1) is 18.8 Å². The minimum absolute atomic E-state index is 0.738. The predicted molar refractivity (Wildman–Crippen MR) is 61.5 cm³/mol. The molecule has 1 aromatic carbocycles. The third-order valence-electron chi connectivity index (χ3n) is 1.57. The molecular weight excluding hydrogens is 247 g/mol. The molecule has 1 aromatic rings. The Morgan fingerprint density at radius 3 is 2.85 bits per heavy atom. The van der Waals surface area contributed by atoms with E-state index in [4.69, 9.17) is 11.6 Å². The van der Waals surface area contributed by atoms with Crippen molar-refractivity contribution in [3.8, 4) is 11.8 Å². The first-order valence-corrected chi connectivity index (χ1v) is 5.55. The van der Waals surface area contributed by atoms with Crippen LogP contribution in [0.1, 0.15) is 17.5 Å². The van der Waals surface area contributed by atoms with Crippen LogP contribution in [0.15, 0.2) is 18.2 Å². The SMILES string of the molecule is Cc1ccc(C#CCCBr)c(Cl)c1. The van der Waals surface area contributed by atoms with Crippen LogP contribution in [0.5, 0.6) is 0 Å². The summed E-state index contributed by atoms with van der Waals surface area (Å²) < 4.78 is 0. The molecule has 0 aliphatic rings. The number of hydrogen-bond donors (Lipinski definition) is 0. The number of halogens is 2. The van der Waals surface area contributed by atoms with Crippen molar-refractivity contribution in [3.05, 3.63) is 34.3 Å². The lowest BCUT2D eigenvalue weighted by Crippen LogP contribution is -1.79. The summed E-state index contributed by atoms with van der Waals surface area (Å²) in [6.07, 6.45) is 0.851. The van der Waals surface area contributed by atoms with E-state index in [2.05, 4.69) is 27.8 Å². The first-order chi connectivity index (χ1) is 6.24. The van der Waals surface area contributed by atoms with E-state index in [1.807, 2.05) is 25.1 Å². The predicted octanol–water partition coefficient (Wildman–Crippen LogP) is 3.78. The van der Waals surface area contributed by atoms with Gasteiger partial charge in [0.2, 0.25) is 0 Å². The van der Waals surface area contributed by atoms with Crippen molar-refractivity contribution in [3.63, 3.8) is 0 Å². The molecule has 0 fully saturated rings. The summed E-state index contributed by atoms with van der Waals surface area (Å²) in [6, 6.07) is 5.91. The van der Waals surface area contributed by atoms with Gasteiger partial charge in [0.05, 0.1) is 5.02 Å². The minimum atomic E-state index is 0.738. The fourth-order valence-corrected chi connectivity index (χ4v) is 1.41. The summed E-state index contributed by atoms with van der Waals surface area (Å²) in [6.45, 7) is 2.02. The third kappa shape index (κ3) is 3.42. The van der Waals surface area contributed by atoms with Crippen LogP contribution < -0.4 is 0 Å². The number of benzene rings is 1. The number of alkyl halides is 1. The fraction of sp³-hybridized carbons (Fsp3) is 0.273. The van der Waals surface area contributed by atoms with Gasteiger partial charge in [0, 0.05) is 17.3 Å². The molecule has 0 aromatic heterocycles. The molecule has 68 valence electrons. The van der Waals surface area contributed by atoms with Crippen molar-refractivity contribution in [2.75, 3.05) is 5.33 Å². The molecule has 0 aliphatic heterocycles. The molecule has 0 spiro atoms. The van der Waals surface area contributed by atoms with Gasteiger partial charge in [0.25, 0.3) is 0 Å². The van der Waals surface area contributed by atoms with Crippen LogP contribution in [0.4, 0.5) is 0 Å². The van der Waals surface area contributed by atoms with Gasteiger partial charge >= 0.3 is 0 Å². The van der Waals surface area contributed by atoms with Crippen molar-refractivity contribution >= 4 is 27.5 Å². The topological polar surface area (TPSA) is 0 Å². The third-order valence-corrected chi connectivity index (χ3v) is 2.28. The average Bonchev–Trinajstić information content (AvgIpc) is 2.09. The summed E-state index contributed by atoms with van der Waals surface area (Å²) in [5, 5.41) is 1.64. The van der Waals surface area contributed by atoms with Crippen molar-refractivity contribution in [1.82, 2.24) is 0 Å². The zero-order chi connectivity index (χ0) is 9.68. The molecule has 0 saturated carbocycles. The molecule has 0 amide bonds. The van der Waals surface area contributed by atoms with E-state index in [0.717, 1.165) is 27.9 Å². The lowest BCUT2D eigenvalue weighted by atomic mass is 10.1. The van der Waals surface area contributed by atoms with Crippen molar-refractivity contribution in [2.45, 2.75) is 13.3 Å². The van der Waals surface area contributed by atoms with Crippen molar-refractivity contribution in [2.24, 2.45) is 0 Å². The average molecular weight is 258 g/mol. The maximum Gasteiger partial charge on any atom is 0.0565 e. The molecule has 0 saturated heterocycles. The summed E-state index contributed by atoms with van der Waals surface area (Å²) >= 11 is 9.31. The Hall–Kier alpha value is -0.450. The maximum absolute atomic E-state index is 5.99. The highest BCUT2D eigenvalue weighted by molar-refractivity contribution is 9.09. The van der Waals surface area contributed by atoms with Gasteiger partial charge in [-0.05, 0) is 24.6 Å². The molecule has 0 heterocycles. The Balaban J connectivity index is 2.85. The van der Waals surface area contributed by atoms with Gasteiger partial charge in [-0.2, -0.15) is 0 Å². The lowest BCUT2D eigenvalue weighted by molar-refractivity contribution is 1.32. The van der Waals surface area contributed by atoms with Gasteiger partial charge < -0.3 is 0 Å².